The maximum absolute atomic E-state index is 12.3. The SMILES string of the molecule is Nc1c(C(=O)NC2CC2)sc2nc3c(cc12)CCCCCC3. The van der Waals surface area contributed by atoms with E-state index in [1.165, 1.54) is 48.3 Å². The summed E-state index contributed by atoms with van der Waals surface area (Å²) in [6.45, 7) is 0. The number of nitrogens with one attached hydrogen (secondary N) is 1. The molecule has 116 valence electrons. The molecule has 0 saturated heterocycles. The molecule has 0 aromatic carbocycles. The van der Waals surface area contributed by atoms with E-state index in [1.54, 1.807) is 0 Å². The topological polar surface area (TPSA) is 68.0 Å². The summed E-state index contributed by atoms with van der Waals surface area (Å²) >= 11 is 1.44. The molecular weight excluding hydrogens is 294 g/mol. The summed E-state index contributed by atoms with van der Waals surface area (Å²) in [5, 5.41) is 3.99. The van der Waals surface area contributed by atoms with Crippen molar-refractivity contribution in [2.75, 3.05) is 5.73 Å². The van der Waals surface area contributed by atoms with E-state index < -0.39 is 0 Å². The van der Waals surface area contributed by atoms with Crippen LogP contribution < -0.4 is 11.1 Å². The van der Waals surface area contributed by atoms with Crippen LogP contribution in [0.4, 0.5) is 5.69 Å². The number of nitrogens with zero attached hydrogens (tertiary/aromatic N) is 1. The number of aromatic nitrogens is 1. The van der Waals surface area contributed by atoms with Gasteiger partial charge in [-0.05, 0) is 50.2 Å². The summed E-state index contributed by atoms with van der Waals surface area (Å²) < 4.78 is 0. The molecule has 2 aliphatic carbocycles. The summed E-state index contributed by atoms with van der Waals surface area (Å²) in [6, 6.07) is 2.54. The van der Waals surface area contributed by atoms with E-state index in [4.69, 9.17) is 10.7 Å². The van der Waals surface area contributed by atoms with Crippen molar-refractivity contribution in [3.8, 4) is 0 Å². The van der Waals surface area contributed by atoms with Gasteiger partial charge in [-0.3, -0.25) is 4.79 Å². The monoisotopic (exact) mass is 315 g/mol. The number of thiophene rings is 1. The van der Waals surface area contributed by atoms with Gasteiger partial charge in [0.2, 0.25) is 0 Å². The number of amides is 1. The van der Waals surface area contributed by atoms with Gasteiger partial charge in [0.1, 0.15) is 9.71 Å². The minimum absolute atomic E-state index is 0.0320. The van der Waals surface area contributed by atoms with Crippen LogP contribution >= 0.6 is 11.3 Å². The van der Waals surface area contributed by atoms with E-state index in [0.717, 1.165) is 35.9 Å². The molecule has 1 saturated carbocycles. The third kappa shape index (κ3) is 2.58. The first-order valence-corrected chi connectivity index (χ1v) is 9.05. The lowest BCUT2D eigenvalue weighted by molar-refractivity contribution is 0.0956. The Bertz CT molecular complexity index is 733. The van der Waals surface area contributed by atoms with E-state index in [2.05, 4.69) is 11.4 Å². The molecule has 2 aromatic heterocycles. The zero-order chi connectivity index (χ0) is 15.1. The minimum Gasteiger partial charge on any atom is -0.397 e. The first-order valence-electron chi connectivity index (χ1n) is 8.24. The van der Waals surface area contributed by atoms with E-state index >= 15 is 0 Å². The van der Waals surface area contributed by atoms with Crippen LogP contribution in [0, 0.1) is 0 Å². The number of carbonyl (C=O) groups is 1. The van der Waals surface area contributed by atoms with Gasteiger partial charge >= 0.3 is 0 Å². The number of nitrogens with two attached hydrogens (primary N) is 1. The van der Waals surface area contributed by atoms with Gasteiger partial charge in [0.25, 0.3) is 5.91 Å². The van der Waals surface area contributed by atoms with Crippen LogP contribution in [0.1, 0.15) is 59.5 Å². The summed E-state index contributed by atoms with van der Waals surface area (Å²) in [4.78, 5) is 18.7. The van der Waals surface area contributed by atoms with Crippen LogP contribution in [-0.4, -0.2) is 16.9 Å². The van der Waals surface area contributed by atoms with E-state index in [1.807, 2.05) is 0 Å². The summed E-state index contributed by atoms with van der Waals surface area (Å²) in [6.07, 6.45) is 9.32. The predicted molar refractivity (Wildman–Crippen MR) is 90.4 cm³/mol. The lowest BCUT2D eigenvalue weighted by atomic mass is 9.96. The maximum Gasteiger partial charge on any atom is 0.263 e. The predicted octanol–water partition coefficient (Wildman–Crippen LogP) is 3.43. The summed E-state index contributed by atoms with van der Waals surface area (Å²) in [5.41, 5.74) is 9.39. The minimum atomic E-state index is -0.0320. The zero-order valence-electron chi connectivity index (χ0n) is 12.7. The average Bonchev–Trinajstić information content (AvgIpc) is 3.23. The lowest BCUT2D eigenvalue weighted by Crippen LogP contribution is -2.25. The summed E-state index contributed by atoms with van der Waals surface area (Å²) in [7, 11) is 0. The number of hydrogen-bond donors (Lipinski definition) is 2. The highest BCUT2D eigenvalue weighted by Gasteiger charge is 2.26. The fourth-order valence-corrected chi connectivity index (χ4v) is 4.16. The molecule has 1 fully saturated rings. The summed E-state index contributed by atoms with van der Waals surface area (Å²) in [5.74, 6) is -0.0320. The van der Waals surface area contributed by atoms with E-state index in [9.17, 15) is 4.79 Å². The van der Waals surface area contributed by atoms with Gasteiger partial charge in [-0.15, -0.1) is 11.3 Å². The maximum atomic E-state index is 12.3. The fourth-order valence-electron chi connectivity index (χ4n) is 3.16. The number of aryl methyl sites for hydroxylation is 2. The Balaban J connectivity index is 1.74. The second-order valence-corrected chi connectivity index (χ2v) is 7.45. The molecule has 0 unspecified atom stereocenters. The molecule has 22 heavy (non-hydrogen) atoms. The molecule has 0 atom stereocenters. The Morgan fingerprint density at radius 1 is 1.23 bits per heavy atom. The van der Waals surface area contributed by atoms with Gasteiger partial charge in [-0.1, -0.05) is 12.8 Å². The van der Waals surface area contributed by atoms with Crippen LogP contribution in [0.5, 0.6) is 0 Å². The molecule has 4 rings (SSSR count). The Hall–Kier alpha value is -1.62. The molecule has 5 heteroatoms. The highest BCUT2D eigenvalue weighted by Crippen LogP contribution is 2.35. The zero-order valence-corrected chi connectivity index (χ0v) is 13.5. The largest absolute Gasteiger partial charge is 0.397 e. The number of anilines is 1. The molecule has 1 amide bonds. The van der Waals surface area contributed by atoms with Crippen LogP contribution in [0.2, 0.25) is 0 Å². The molecule has 3 N–H and O–H groups in total. The number of fused-ring (bicyclic) bond motifs is 2. The lowest BCUT2D eigenvalue weighted by Gasteiger charge is -2.12. The second-order valence-electron chi connectivity index (χ2n) is 6.45. The van der Waals surface area contributed by atoms with Crippen molar-refractivity contribution in [3.63, 3.8) is 0 Å². The van der Waals surface area contributed by atoms with Crippen LogP contribution in [0.3, 0.4) is 0 Å². The Morgan fingerprint density at radius 3 is 2.77 bits per heavy atom. The van der Waals surface area contributed by atoms with E-state index in [-0.39, 0.29) is 5.91 Å². The number of pyridine rings is 1. The molecule has 0 bridgehead atoms. The normalized spacial score (nSPS) is 18.5. The quantitative estimate of drug-likeness (QED) is 0.892. The third-order valence-electron chi connectivity index (χ3n) is 4.62. The van der Waals surface area contributed by atoms with Crippen molar-refractivity contribution in [2.24, 2.45) is 0 Å². The highest BCUT2D eigenvalue weighted by atomic mass is 32.1. The van der Waals surface area contributed by atoms with Gasteiger partial charge in [-0.25, -0.2) is 4.98 Å². The first kappa shape index (κ1) is 14.0. The van der Waals surface area contributed by atoms with Crippen LogP contribution in [-0.2, 0) is 12.8 Å². The third-order valence-corrected chi connectivity index (χ3v) is 5.73. The van der Waals surface area contributed by atoms with Crippen molar-refractivity contribution in [3.05, 3.63) is 22.2 Å². The van der Waals surface area contributed by atoms with Gasteiger partial charge in [-0.2, -0.15) is 0 Å². The average molecular weight is 315 g/mol. The van der Waals surface area contributed by atoms with Crippen molar-refractivity contribution in [1.82, 2.24) is 10.3 Å². The highest BCUT2D eigenvalue weighted by molar-refractivity contribution is 7.21. The van der Waals surface area contributed by atoms with E-state index in [0.29, 0.717) is 16.6 Å². The molecule has 0 spiro atoms. The number of hydrogen-bond acceptors (Lipinski definition) is 4. The Kier molecular flexibility index (Phi) is 3.53. The molecular formula is C17H21N3OS. The molecule has 4 nitrogen and oxygen atoms in total. The Labute approximate surface area is 134 Å². The number of carbonyl (C=O) groups excluding carboxylic acids is 1. The Morgan fingerprint density at radius 2 is 2.00 bits per heavy atom. The smallest absolute Gasteiger partial charge is 0.263 e. The van der Waals surface area contributed by atoms with Crippen molar-refractivity contribution >= 4 is 33.1 Å². The van der Waals surface area contributed by atoms with Crippen molar-refractivity contribution < 1.29 is 4.79 Å². The van der Waals surface area contributed by atoms with Crippen LogP contribution in [0.15, 0.2) is 6.07 Å². The van der Waals surface area contributed by atoms with Crippen molar-refractivity contribution in [1.29, 1.82) is 0 Å². The van der Waals surface area contributed by atoms with Gasteiger partial charge in [0.15, 0.2) is 0 Å². The van der Waals surface area contributed by atoms with Crippen LogP contribution in [0.25, 0.3) is 10.2 Å². The molecule has 2 heterocycles. The first-order chi connectivity index (χ1) is 10.7. The van der Waals surface area contributed by atoms with Gasteiger partial charge in [0.05, 0.1) is 5.69 Å². The number of rotatable bonds is 2. The molecule has 0 radical (unpaired) electrons. The van der Waals surface area contributed by atoms with Gasteiger partial charge in [0, 0.05) is 17.1 Å². The standard InChI is InChI=1S/C17H21N3OS/c18-14-12-9-10-5-3-1-2-4-6-13(10)20-17(12)22-15(14)16(21)19-11-7-8-11/h9,11H,1-8,18H2,(H,19,21). The van der Waals surface area contributed by atoms with Gasteiger partial charge < -0.3 is 11.1 Å². The molecule has 2 aromatic rings. The number of nitrogen functional groups attached to an aromatic ring is 1. The molecule has 2 aliphatic rings. The fraction of sp³-hybridized carbons (Fsp3) is 0.529. The van der Waals surface area contributed by atoms with Crippen molar-refractivity contribution in [2.45, 2.75) is 57.4 Å². The molecule has 0 aliphatic heterocycles. The second kappa shape index (κ2) is 5.54.